The molecule has 7 heteroatoms. The summed E-state index contributed by atoms with van der Waals surface area (Å²) in [6.07, 6.45) is 3.19. The van der Waals surface area contributed by atoms with Gasteiger partial charge in [0.25, 0.3) is 5.56 Å². The molecule has 0 atom stereocenters. The van der Waals surface area contributed by atoms with Crippen LogP contribution in [0.25, 0.3) is 21.9 Å². The standard InChI is InChI=1S/C22H16IN3O3/c23-14-6-7-16-17(8-14)19(22(29)26-21(16)28)11-24-10-15-9-20(27)18(12-25-15)13-4-2-1-3-5-13/h1-9,11-12H,10H2,(H,25,27)(H2,26,28,29). The van der Waals surface area contributed by atoms with E-state index in [0.29, 0.717) is 27.6 Å². The first-order valence-corrected chi connectivity index (χ1v) is 9.92. The number of hydrogen-bond acceptors (Lipinski definition) is 4. The number of benzene rings is 2. The minimum Gasteiger partial charge on any atom is -0.494 e. The summed E-state index contributed by atoms with van der Waals surface area (Å²) in [5.41, 5.74) is 2.08. The van der Waals surface area contributed by atoms with Gasteiger partial charge in [0.05, 0.1) is 12.1 Å². The third kappa shape index (κ3) is 4.00. The second-order valence-corrected chi connectivity index (χ2v) is 7.72. The van der Waals surface area contributed by atoms with Crippen molar-refractivity contribution in [1.29, 1.82) is 0 Å². The monoisotopic (exact) mass is 497 g/mol. The van der Waals surface area contributed by atoms with E-state index in [-0.39, 0.29) is 23.4 Å². The van der Waals surface area contributed by atoms with Crippen molar-refractivity contribution < 1.29 is 5.11 Å². The molecule has 0 fully saturated rings. The lowest BCUT2D eigenvalue weighted by atomic mass is 10.1. The molecule has 2 aromatic heterocycles. The highest BCUT2D eigenvalue weighted by atomic mass is 127. The Morgan fingerprint density at radius 2 is 1.83 bits per heavy atom. The molecule has 144 valence electrons. The molecule has 29 heavy (non-hydrogen) atoms. The number of hydrogen-bond donors (Lipinski definition) is 3. The van der Waals surface area contributed by atoms with E-state index in [1.54, 1.807) is 12.3 Å². The number of halogens is 1. The number of fused-ring (bicyclic) bond motifs is 1. The van der Waals surface area contributed by atoms with E-state index in [1.807, 2.05) is 42.5 Å². The highest BCUT2D eigenvalue weighted by Gasteiger charge is 2.10. The van der Waals surface area contributed by atoms with Crippen LogP contribution in [0, 0.1) is 3.57 Å². The van der Waals surface area contributed by atoms with Gasteiger partial charge < -0.3 is 10.1 Å². The summed E-state index contributed by atoms with van der Waals surface area (Å²) in [5, 5.41) is 11.3. The van der Waals surface area contributed by atoms with Crippen LogP contribution in [-0.4, -0.2) is 21.3 Å². The van der Waals surface area contributed by atoms with Gasteiger partial charge in [-0.1, -0.05) is 30.3 Å². The lowest BCUT2D eigenvalue weighted by molar-refractivity contribution is 0.452. The van der Waals surface area contributed by atoms with Crippen LogP contribution in [-0.2, 0) is 6.54 Å². The summed E-state index contributed by atoms with van der Waals surface area (Å²) in [5.74, 6) is -0.235. The van der Waals surface area contributed by atoms with E-state index >= 15 is 0 Å². The number of aromatic hydroxyl groups is 1. The molecule has 6 nitrogen and oxygen atoms in total. The van der Waals surface area contributed by atoms with E-state index in [4.69, 9.17) is 0 Å². The van der Waals surface area contributed by atoms with Crippen LogP contribution in [0.5, 0.6) is 5.88 Å². The van der Waals surface area contributed by atoms with Gasteiger partial charge in [-0.25, -0.2) is 0 Å². The van der Waals surface area contributed by atoms with E-state index < -0.39 is 0 Å². The van der Waals surface area contributed by atoms with Gasteiger partial charge in [0.15, 0.2) is 5.43 Å². The first-order chi connectivity index (χ1) is 14.0. The summed E-state index contributed by atoms with van der Waals surface area (Å²) < 4.78 is 0.940. The summed E-state index contributed by atoms with van der Waals surface area (Å²) in [7, 11) is 0. The molecule has 0 bridgehead atoms. The second kappa shape index (κ2) is 8.04. The molecular weight excluding hydrogens is 481 g/mol. The SMILES string of the molecule is O=c1cc(CN=Cc2c(O)[nH]c(=O)c3ccc(I)cc23)[nH]cc1-c1ccccc1. The number of aromatic amines is 2. The zero-order valence-corrected chi connectivity index (χ0v) is 17.3. The number of aliphatic imine (C=N–C) groups is 1. The Kier molecular flexibility index (Phi) is 5.30. The maximum absolute atomic E-state index is 12.4. The van der Waals surface area contributed by atoms with Gasteiger partial charge in [-0.15, -0.1) is 0 Å². The largest absolute Gasteiger partial charge is 0.494 e. The summed E-state index contributed by atoms with van der Waals surface area (Å²) in [4.78, 5) is 34.3. The Labute approximate surface area is 179 Å². The van der Waals surface area contributed by atoms with Crippen molar-refractivity contribution in [3.63, 3.8) is 0 Å². The second-order valence-electron chi connectivity index (χ2n) is 6.48. The molecule has 3 N–H and O–H groups in total. The fraction of sp³-hybridized carbons (Fsp3) is 0.0455. The van der Waals surface area contributed by atoms with Gasteiger partial charge in [0, 0.05) is 44.1 Å². The number of H-pyrrole nitrogens is 2. The van der Waals surface area contributed by atoms with Crippen molar-refractivity contribution >= 4 is 39.6 Å². The maximum atomic E-state index is 12.4. The predicted molar refractivity (Wildman–Crippen MR) is 123 cm³/mol. The van der Waals surface area contributed by atoms with Crippen molar-refractivity contribution in [2.75, 3.05) is 0 Å². The fourth-order valence-electron chi connectivity index (χ4n) is 3.12. The lowest BCUT2D eigenvalue weighted by Crippen LogP contribution is -2.08. The number of aromatic nitrogens is 2. The van der Waals surface area contributed by atoms with Gasteiger partial charge in [-0.2, -0.15) is 0 Å². The highest BCUT2D eigenvalue weighted by molar-refractivity contribution is 14.1. The molecule has 2 heterocycles. The molecule has 4 aromatic rings. The Hall–Kier alpha value is -3.20. The highest BCUT2D eigenvalue weighted by Crippen LogP contribution is 2.23. The van der Waals surface area contributed by atoms with Crippen LogP contribution < -0.4 is 11.0 Å². The number of rotatable bonds is 4. The Morgan fingerprint density at radius 3 is 2.59 bits per heavy atom. The molecule has 0 aliphatic carbocycles. The average Bonchev–Trinajstić information content (AvgIpc) is 2.71. The molecule has 4 rings (SSSR count). The molecule has 0 aliphatic rings. The average molecular weight is 497 g/mol. The van der Waals surface area contributed by atoms with E-state index in [2.05, 4.69) is 37.6 Å². The molecule has 0 saturated heterocycles. The molecule has 2 aromatic carbocycles. The third-order valence-corrected chi connectivity index (χ3v) is 5.21. The van der Waals surface area contributed by atoms with Crippen LogP contribution >= 0.6 is 22.6 Å². The smallest absolute Gasteiger partial charge is 0.258 e. The summed E-state index contributed by atoms with van der Waals surface area (Å²) >= 11 is 2.15. The molecule has 0 saturated carbocycles. The first kappa shape index (κ1) is 19.1. The molecule has 0 radical (unpaired) electrons. The number of nitrogens with one attached hydrogen (secondary N) is 2. The first-order valence-electron chi connectivity index (χ1n) is 8.84. The predicted octanol–water partition coefficient (Wildman–Crippen LogP) is 3.81. The van der Waals surface area contributed by atoms with Gasteiger partial charge in [-0.3, -0.25) is 19.6 Å². The fourth-order valence-corrected chi connectivity index (χ4v) is 3.61. The zero-order valence-electron chi connectivity index (χ0n) is 15.1. The summed E-state index contributed by atoms with van der Waals surface area (Å²) in [6, 6.07) is 16.3. The van der Waals surface area contributed by atoms with E-state index in [0.717, 1.165) is 9.13 Å². The molecule has 0 unspecified atom stereocenters. The topological polar surface area (TPSA) is 98.3 Å². The van der Waals surface area contributed by atoms with E-state index in [9.17, 15) is 14.7 Å². The van der Waals surface area contributed by atoms with Crippen LogP contribution in [0.1, 0.15) is 11.3 Å². The lowest BCUT2D eigenvalue weighted by Gasteiger charge is -2.05. The number of nitrogens with zero attached hydrogens (tertiary/aromatic N) is 1. The zero-order chi connectivity index (χ0) is 20.4. The Bertz CT molecular complexity index is 1340. The normalized spacial score (nSPS) is 11.3. The quantitative estimate of drug-likeness (QED) is 0.296. The summed E-state index contributed by atoms with van der Waals surface area (Å²) in [6.45, 7) is 0.230. The molecule has 0 aliphatic heterocycles. The van der Waals surface area contributed by atoms with Crippen LogP contribution in [0.3, 0.4) is 0 Å². The van der Waals surface area contributed by atoms with Crippen molar-refractivity contribution in [3.8, 4) is 17.0 Å². The Morgan fingerprint density at radius 1 is 1.03 bits per heavy atom. The van der Waals surface area contributed by atoms with Crippen LogP contribution in [0.4, 0.5) is 0 Å². The van der Waals surface area contributed by atoms with Crippen LogP contribution in [0.15, 0.2) is 75.4 Å². The van der Waals surface area contributed by atoms with E-state index in [1.165, 1.54) is 12.3 Å². The molecule has 0 amide bonds. The van der Waals surface area contributed by atoms with Gasteiger partial charge in [0.1, 0.15) is 0 Å². The van der Waals surface area contributed by atoms with Gasteiger partial charge >= 0.3 is 0 Å². The van der Waals surface area contributed by atoms with Crippen molar-refractivity contribution in [3.05, 3.63) is 96.2 Å². The molecule has 0 spiro atoms. The van der Waals surface area contributed by atoms with Crippen molar-refractivity contribution in [1.82, 2.24) is 9.97 Å². The van der Waals surface area contributed by atoms with Crippen molar-refractivity contribution in [2.45, 2.75) is 6.54 Å². The third-order valence-electron chi connectivity index (χ3n) is 4.54. The minimum absolute atomic E-state index is 0.0907. The maximum Gasteiger partial charge on any atom is 0.258 e. The minimum atomic E-state index is -0.355. The molecular formula is C22H16IN3O3. The van der Waals surface area contributed by atoms with Crippen LogP contribution in [0.2, 0.25) is 0 Å². The Balaban J connectivity index is 1.63. The van der Waals surface area contributed by atoms with Gasteiger partial charge in [0.2, 0.25) is 5.88 Å². The van der Waals surface area contributed by atoms with Crippen molar-refractivity contribution in [2.24, 2.45) is 4.99 Å². The number of pyridine rings is 2. The van der Waals surface area contributed by atoms with Gasteiger partial charge in [-0.05, 0) is 46.4 Å².